The second kappa shape index (κ2) is 4.81. The molecule has 6 heteroatoms. The van der Waals surface area contributed by atoms with Crippen molar-refractivity contribution < 1.29 is 14.0 Å². The van der Waals surface area contributed by atoms with E-state index in [4.69, 9.17) is 16.4 Å². The number of amides is 1. The van der Waals surface area contributed by atoms with Gasteiger partial charge in [-0.2, -0.15) is 0 Å². The first-order valence-electron chi connectivity index (χ1n) is 6.12. The fourth-order valence-electron chi connectivity index (χ4n) is 1.96. The molecule has 0 spiro atoms. The van der Waals surface area contributed by atoms with Crippen molar-refractivity contribution in [1.29, 1.82) is 0 Å². The summed E-state index contributed by atoms with van der Waals surface area (Å²) in [5.74, 6) is -0.660. The lowest BCUT2D eigenvalue weighted by Gasteiger charge is -2.08. The fourth-order valence-corrected chi connectivity index (χ4v) is 2.23. The van der Waals surface area contributed by atoms with Crippen LogP contribution in [0.2, 0.25) is 5.02 Å². The molecule has 4 nitrogen and oxygen atoms in total. The van der Waals surface area contributed by atoms with Crippen molar-refractivity contribution in [2.45, 2.75) is 31.4 Å². The Morgan fingerprint density at radius 2 is 2.26 bits per heavy atom. The minimum Gasteiger partial charge on any atom is -0.382 e. The van der Waals surface area contributed by atoms with Crippen LogP contribution in [0, 0.1) is 5.82 Å². The molecule has 2 aliphatic rings. The van der Waals surface area contributed by atoms with Crippen molar-refractivity contribution in [3.05, 3.63) is 34.6 Å². The molecule has 1 aliphatic carbocycles. The Balaban J connectivity index is 1.72. The summed E-state index contributed by atoms with van der Waals surface area (Å²) in [6, 6.07) is 4.67. The topological polar surface area (TPSA) is 50.7 Å². The van der Waals surface area contributed by atoms with Crippen LogP contribution in [0.25, 0.3) is 0 Å². The Kier molecular flexibility index (Phi) is 3.14. The summed E-state index contributed by atoms with van der Waals surface area (Å²) in [7, 11) is 0. The van der Waals surface area contributed by atoms with Crippen LogP contribution >= 0.6 is 11.6 Å². The van der Waals surface area contributed by atoms with Crippen LogP contribution in [-0.2, 0) is 9.63 Å². The monoisotopic (exact) mass is 282 g/mol. The summed E-state index contributed by atoms with van der Waals surface area (Å²) in [6.07, 6.45) is 1.56. The number of benzene rings is 1. The third kappa shape index (κ3) is 2.56. The van der Waals surface area contributed by atoms with Crippen LogP contribution in [0.5, 0.6) is 0 Å². The van der Waals surface area contributed by atoms with Crippen molar-refractivity contribution >= 4 is 23.2 Å². The van der Waals surface area contributed by atoms with E-state index < -0.39 is 11.9 Å². The molecule has 1 amide bonds. The zero-order valence-corrected chi connectivity index (χ0v) is 10.8. The van der Waals surface area contributed by atoms with E-state index in [0.29, 0.717) is 5.71 Å². The van der Waals surface area contributed by atoms with Crippen molar-refractivity contribution in [3.63, 3.8) is 0 Å². The fraction of sp³-hybridized carbons (Fsp3) is 0.385. The van der Waals surface area contributed by atoms with Gasteiger partial charge in [-0.25, -0.2) is 4.39 Å². The highest BCUT2D eigenvalue weighted by Crippen LogP contribution is 2.26. The normalized spacial score (nSPS) is 21.8. The molecule has 3 rings (SSSR count). The van der Waals surface area contributed by atoms with Crippen LogP contribution < -0.4 is 5.32 Å². The van der Waals surface area contributed by atoms with Gasteiger partial charge in [0.2, 0.25) is 6.10 Å². The van der Waals surface area contributed by atoms with Gasteiger partial charge in [-0.15, -0.1) is 0 Å². The van der Waals surface area contributed by atoms with Gasteiger partial charge in [0.25, 0.3) is 5.91 Å². The molecule has 0 radical (unpaired) electrons. The minimum absolute atomic E-state index is 0.200. The molecule has 0 aromatic heterocycles. The summed E-state index contributed by atoms with van der Waals surface area (Å²) < 4.78 is 13.7. The second-order valence-electron chi connectivity index (χ2n) is 4.72. The van der Waals surface area contributed by atoms with Gasteiger partial charge < -0.3 is 10.2 Å². The number of carbonyl (C=O) groups excluding carboxylic acids is 1. The smallest absolute Gasteiger partial charge is 0.264 e. The zero-order chi connectivity index (χ0) is 13.4. The summed E-state index contributed by atoms with van der Waals surface area (Å²) in [5, 5.41) is 6.89. The van der Waals surface area contributed by atoms with Gasteiger partial charge in [-0.05, 0) is 25.0 Å². The van der Waals surface area contributed by atoms with Crippen LogP contribution in [-0.4, -0.2) is 23.8 Å². The summed E-state index contributed by atoms with van der Waals surface area (Å²) >= 11 is 5.95. The number of nitrogens with one attached hydrogen (secondary N) is 1. The Morgan fingerprint density at radius 1 is 1.47 bits per heavy atom. The minimum atomic E-state index is -0.689. The summed E-state index contributed by atoms with van der Waals surface area (Å²) in [6.45, 7) is 0. The lowest BCUT2D eigenvalue weighted by atomic mass is 10.0. The Labute approximate surface area is 114 Å². The highest BCUT2D eigenvalue weighted by atomic mass is 35.5. The van der Waals surface area contributed by atoms with Gasteiger partial charge in [0.1, 0.15) is 5.82 Å². The summed E-state index contributed by atoms with van der Waals surface area (Å²) in [4.78, 5) is 16.9. The predicted octanol–water partition coefficient (Wildman–Crippen LogP) is 2.25. The molecule has 19 heavy (non-hydrogen) atoms. The molecule has 0 saturated heterocycles. The van der Waals surface area contributed by atoms with Crippen LogP contribution in [0.1, 0.15) is 24.8 Å². The molecular weight excluding hydrogens is 271 g/mol. The van der Waals surface area contributed by atoms with Crippen LogP contribution in [0.4, 0.5) is 4.39 Å². The van der Waals surface area contributed by atoms with Crippen LogP contribution in [0.3, 0.4) is 0 Å². The van der Waals surface area contributed by atoms with Crippen molar-refractivity contribution in [2.75, 3.05) is 0 Å². The SMILES string of the molecule is O=C(NC1CC1)[C@H]1CC(c2c(F)cccc2Cl)=NO1. The van der Waals surface area contributed by atoms with E-state index in [1.807, 2.05) is 0 Å². The predicted molar refractivity (Wildman–Crippen MR) is 68.6 cm³/mol. The van der Waals surface area contributed by atoms with E-state index in [1.54, 1.807) is 6.07 Å². The first-order valence-corrected chi connectivity index (χ1v) is 6.50. The number of carbonyl (C=O) groups is 1. The number of halogens is 2. The lowest BCUT2D eigenvalue weighted by Crippen LogP contribution is -2.36. The maximum absolute atomic E-state index is 13.7. The van der Waals surface area contributed by atoms with Gasteiger partial charge in [0, 0.05) is 12.5 Å². The first kappa shape index (κ1) is 12.4. The molecule has 0 unspecified atom stereocenters. The average Bonchev–Trinajstić information content (AvgIpc) is 3.04. The van der Waals surface area contributed by atoms with Crippen molar-refractivity contribution in [2.24, 2.45) is 5.16 Å². The zero-order valence-electron chi connectivity index (χ0n) is 10.0. The number of hydrogen-bond acceptors (Lipinski definition) is 3. The molecular formula is C13H12ClFN2O2. The molecule has 1 aromatic rings. The quantitative estimate of drug-likeness (QED) is 0.924. The lowest BCUT2D eigenvalue weighted by molar-refractivity contribution is -0.131. The van der Waals surface area contributed by atoms with E-state index >= 15 is 0 Å². The van der Waals surface area contributed by atoms with E-state index in [1.165, 1.54) is 12.1 Å². The largest absolute Gasteiger partial charge is 0.382 e. The molecule has 100 valence electrons. The molecule has 1 aliphatic heterocycles. The first-order chi connectivity index (χ1) is 9.15. The molecule has 1 N–H and O–H groups in total. The third-order valence-electron chi connectivity index (χ3n) is 3.14. The average molecular weight is 283 g/mol. The molecule has 1 saturated carbocycles. The standard InChI is InChI=1S/C13H12ClFN2O2/c14-8-2-1-3-9(15)12(8)10-6-11(19-17-10)13(18)16-7-4-5-7/h1-3,7,11H,4-6H2,(H,16,18)/t11-/m1/s1. The van der Waals surface area contributed by atoms with Crippen LogP contribution in [0.15, 0.2) is 23.4 Å². The Bertz CT molecular complexity index is 537. The molecule has 0 bridgehead atoms. The number of hydrogen-bond donors (Lipinski definition) is 1. The van der Waals surface area contributed by atoms with Crippen molar-refractivity contribution in [1.82, 2.24) is 5.32 Å². The number of oxime groups is 1. The molecule has 1 fully saturated rings. The van der Waals surface area contributed by atoms with Gasteiger partial charge in [0.05, 0.1) is 16.3 Å². The molecule has 1 heterocycles. The molecule has 1 atom stereocenters. The van der Waals surface area contributed by atoms with E-state index in [-0.39, 0.29) is 29.0 Å². The highest BCUT2D eigenvalue weighted by molar-refractivity contribution is 6.34. The highest BCUT2D eigenvalue weighted by Gasteiger charge is 2.34. The second-order valence-corrected chi connectivity index (χ2v) is 5.12. The van der Waals surface area contributed by atoms with Gasteiger partial charge in [-0.1, -0.05) is 22.8 Å². The van der Waals surface area contributed by atoms with E-state index in [9.17, 15) is 9.18 Å². The Morgan fingerprint density at radius 3 is 2.95 bits per heavy atom. The summed E-state index contributed by atoms with van der Waals surface area (Å²) in [5.41, 5.74) is 0.588. The van der Waals surface area contributed by atoms with E-state index in [2.05, 4.69) is 10.5 Å². The van der Waals surface area contributed by atoms with E-state index in [0.717, 1.165) is 12.8 Å². The Hall–Kier alpha value is -1.62. The molecule has 1 aromatic carbocycles. The van der Waals surface area contributed by atoms with Gasteiger partial charge in [-0.3, -0.25) is 4.79 Å². The maximum Gasteiger partial charge on any atom is 0.264 e. The van der Waals surface area contributed by atoms with Gasteiger partial charge in [0.15, 0.2) is 0 Å². The third-order valence-corrected chi connectivity index (χ3v) is 3.45. The van der Waals surface area contributed by atoms with Crippen molar-refractivity contribution in [3.8, 4) is 0 Å². The van der Waals surface area contributed by atoms with Gasteiger partial charge >= 0.3 is 0 Å². The maximum atomic E-state index is 13.7. The number of rotatable bonds is 3. The number of nitrogens with zero attached hydrogens (tertiary/aromatic N) is 1.